The SMILES string of the molecule is CCC(C)(C)N(C)CC(NC(C)=O)C(=O)O. The van der Waals surface area contributed by atoms with Gasteiger partial charge in [-0.2, -0.15) is 0 Å². The fraction of sp³-hybridized carbons (Fsp3) is 0.818. The van der Waals surface area contributed by atoms with Crippen LogP contribution in [-0.4, -0.2) is 47.1 Å². The fourth-order valence-corrected chi connectivity index (χ4v) is 1.22. The highest BCUT2D eigenvalue weighted by Crippen LogP contribution is 2.16. The van der Waals surface area contributed by atoms with Gasteiger partial charge in [0.2, 0.25) is 5.91 Å². The molecule has 0 aliphatic rings. The van der Waals surface area contributed by atoms with E-state index in [0.717, 1.165) is 6.42 Å². The smallest absolute Gasteiger partial charge is 0.327 e. The first-order valence-electron chi connectivity index (χ1n) is 5.42. The molecule has 5 heteroatoms. The second-order valence-corrected chi connectivity index (χ2v) is 4.64. The van der Waals surface area contributed by atoms with Crippen LogP contribution in [0.4, 0.5) is 0 Å². The summed E-state index contributed by atoms with van der Waals surface area (Å²) in [6.07, 6.45) is 0.913. The van der Waals surface area contributed by atoms with Crippen LogP contribution < -0.4 is 5.32 Å². The number of likely N-dealkylation sites (N-methyl/N-ethyl adjacent to an activating group) is 1. The molecule has 0 spiro atoms. The quantitative estimate of drug-likeness (QED) is 0.704. The summed E-state index contributed by atoms with van der Waals surface area (Å²) in [5.74, 6) is -1.33. The highest BCUT2D eigenvalue weighted by molar-refractivity contribution is 5.82. The largest absolute Gasteiger partial charge is 0.480 e. The average molecular weight is 230 g/mol. The van der Waals surface area contributed by atoms with Crippen LogP contribution in [0.1, 0.15) is 34.1 Å². The van der Waals surface area contributed by atoms with E-state index in [1.165, 1.54) is 6.92 Å². The average Bonchev–Trinajstić information content (AvgIpc) is 2.15. The lowest BCUT2D eigenvalue weighted by Gasteiger charge is -2.36. The molecule has 2 N–H and O–H groups in total. The molecule has 16 heavy (non-hydrogen) atoms. The maximum Gasteiger partial charge on any atom is 0.327 e. The van der Waals surface area contributed by atoms with E-state index in [0.29, 0.717) is 6.54 Å². The number of amides is 1. The number of hydrogen-bond donors (Lipinski definition) is 2. The van der Waals surface area contributed by atoms with Crippen molar-refractivity contribution in [3.05, 3.63) is 0 Å². The van der Waals surface area contributed by atoms with Gasteiger partial charge in [-0.1, -0.05) is 6.92 Å². The molecule has 0 rings (SSSR count). The number of aliphatic carboxylic acids is 1. The maximum absolute atomic E-state index is 10.9. The van der Waals surface area contributed by atoms with Crippen molar-refractivity contribution in [2.75, 3.05) is 13.6 Å². The van der Waals surface area contributed by atoms with Gasteiger partial charge in [-0.05, 0) is 27.3 Å². The Morgan fingerprint density at radius 2 is 1.94 bits per heavy atom. The molecule has 0 aromatic heterocycles. The maximum atomic E-state index is 10.9. The molecule has 0 radical (unpaired) electrons. The monoisotopic (exact) mass is 230 g/mol. The van der Waals surface area contributed by atoms with Crippen molar-refractivity contribution in [2.24, 2.45) is 0 Å². The van der Waals surface area contributed by atoms with E-state index in [1.54, 1.807) is 0 Å². The summed E-state index contributed by atoms with van der Waals surface area (Å²) in [6, 6.07) is -0.853. The van der Waals surface area contributed by atoms with Crippen molar-refractivity contribution < 1.29 is 14.7 Å². The summed E-state index contributed by atoms with van der Waals surface area (Å²) in [5, 5.41) is 11.4. The van der Waals surface area contributed by atoms with Gasteiger partial charge in [0, 0.05) is 19.0 Å². The molecule has 1 amide bonds. The van der Waals surface area contributed by atoms with Gasteiger partial charge in [-0.25, -0.2) is 4.79 Å². The second-order valence-electron chi connectivity index (χ2n) is 4.64. The van der Waals surface area contributed by atoms with Crippen molar-refractivity contribution in [1.29, 1.82) is 0 Å². The molecule has 0 saturated carbocycles. The minimum Gasteiger partial charge on any atom is -0.480 e. The van der Waals surface area contributed by atoms with E-state index in [9.17, 15) is 9.59 Å². The van der Waals surface area contributed by atoms with Crippen LogP contribution >= 0.6 is 0 Å². The zero-order valence-electron chi connectivity index (χ0n) is 10.7. The summed E-state index contributed by atoms with van der Waals surface area (Å²) in [6.45, 7) is 7.75. The van der Waals surface area contributed by atoms with Crippen LogP contribution in [0.2, 0.25) is 0 Å². The lowest BCUT2D eigenvalue weighted by Crippen LogP contribution is -2.52. The van der Waals surface area contributed by atoms with Gasteiger partial charge in [0.15, 0.2) is 0 Å². The van der Waals surface area contributed by atoms with Gasteiger partial charge >= 0.3 is 5.97 Å². The van der Waals surface area contributed by atoms with Crippen molar-refractivity contribution >= 4 is 11.9 Å². The zero-order chi connectivity index (χ0) is 12.9. The second kappa shape index (κ2) is 5.84. The van der Waals surface area contributed by atoms with E-state index in [2.05, 4.69) is 5.32 Å². The van der Waals surface area contributed by atoms with Gasteiger partial charge in [-0.3, -0.25) is 9.69 Å². The van der Waals surface area contributed by atoms with Gasteiger partial charge in [0.05, 0.1) is 0 Å². The molecule has 0 aliphatic heterocycles. The van der Waals surface area contributed by atoms with Crippen LogP contribution in [0.25, 0.3) is 0 Å². The standard InChI is InChI=1S/C11H22N2O3/c1-6-11(3,4)13(5)7-9(10(15)16)12-8(2)14/h9H,6-7H2,1-5H3,(H,12,14)(H,15,16). The van der Waals surface area contributed by atoms with Gasteiger partial charge in [0.1, 0.15) is 6.04 Å². The Kier molecular flexibility index (Phi) is 5.44. The molecule has 0 aromatic carbocycles. The lowest BCUT2D eigenvalue weighted by molar-refractivity contribution is -0.142. The Balaban J connectivity index is 4.51. The molecule has 5 nitrogen and oxygen atoms in total. The predicted octanol–water partition coefficient (Wildman–Crippen LogP) is 0.696. The van der Waals surface area contributed by atoms with E-state index < -0.39 is 12.0 Å². The van der Waals surface area contributed by atoms with Gasteiger partial charge < -0.3 is 10.4 Å². The molecule has 0 saturated heterocycles. The topological polar surface area (TPSA) is 69.6 Å². The molecule has 1 unspecified atom stereocenters. The van der Waals surface area contributed by atoms with Crippen LogP contribution in [0.3, 0.4) is 0 Å². The molecule has 0 aromatic rings. The Bertz CT molecular complexity index is 264. The molecule has 0 bridgehead atoms. The zero-order valence-corrected chi connectivity index (χ0v) is 10.7. The Hall–Kier alpha value is -1.10. The summed E-state index contributed by atoms with van der Waals surface area (Å²) in [5.41, 5.74) is -0.0772. The molecule has 1 atom stereocenters. The highest BCUT2D eigenvalue weighted by Gasteiger charge is 2.27. The number of nitrogens with zero attached hydrogens (tertiary/aromatic N) is 1. The number of carbonyl (C=O) groups excluding carboxylic acids is 1. The predicted molar refractivity (Wildman–Crippen MR) is 62.2 cm³/mol. The van der Waals surface area contributed by atoms with Crippen molar-refractivity contribution in [3.8, 4) is 0 Å². The Morgan fingerprint density at radius 1 is 1.44 bits per heavy atom. The molecule has 0 fully saturated rings. The van der Waals surface area contributed by atoms with E-state index >= 15 is 0 Å². The van der Waals surface area contributed by atoms with Crippen LogP contribution in [0, 0.1) is 0 Å². The third-order valence-electron chi connectivity index (χ3n) is 3.03. The first-order valence-corrected chi connectivity index (χ1v) is 5.42. The van der Waals surface area contributed by atoms with E-state index in [4.69, 9.17) is 5.11 Å². The Morgan fingerprint density at radius 3 is 2.25 bits per heavy atom. The van der Waals surface area contributed by atoms with Crippen molar-refractivity contribution in [2.45, 2.75) is 45.7 Å². The summed E-state index contributed by atoms with van der Waals surface area (Å²) in [4.78, 5) is 23.8. The summed E-state index contributed by atoms with van der Waals surface area (Å²) >= 11 is 0. The number of carboxylic acid groups (broad SMARTS) is 1. The number of carboxylic acids is 1. The van der Waals surface area contributed by atoms with Gasteiger partial charge in [-0.15, -0.1) is 0 Å². The number of nitrogens with one attached hydrogen (secondary N) is 1. The summed E-state index contributed by atoms with van der Waals surface area (Å²) < 4.78 is 0. The number of rotatable bonds is 6. The van der Waals surface area contributed by atoms with Crippen LogP contribution in [0.5, 0.6) is 0 Å². The first-order chi connectivity index (χ1) is 7.20. The Labute approximate surface area is 96.8 Å². The lowest BCUT2D eigenvalue weighted by atomic mass is 9.99. The minimum atomic E-state index is -1.01. The minimum absolute atomic E-state index is 0.0772. The third-order valence-corrected chi connectivity index (χ3v) is 3.03. The molecule has 0 heterocycles. The van der Waals surface area contributed by atoms with Crippen LogP contribution in [-0.2, 0) is 9.59 Å². The van der Waals surface area contributed by atoms with Crippen molar-refractivity contribution in [1.82, 2.24) is 10.2 Å². The summed E-state index contributed by atoms with van der Waals surface area (Å²) in [7, 11) is 1.86. The molecular weight excluding hydrogens is 208 g/mol. The fourth-order valence-electron chi connectivity index (χ4n) is 1.22. The van der Waals surface area contributed by atoms with E-state index in [-0.39, 0.29) is 11.4 Å². The van der Waals surface area contributed by atoms with Crippen molar-refractivity contribution in [3.63, 3.8) is 0 Å². The van der Waals surface area contributed by atoms with E-state index in [1.807, 2.05) is 32.7 Å². The third kappa shape index (κ3) is 4.61. The molecule has 94 valence electrons. The van der Waals surface area contributed by atoms with Crippen LogP contribution in [0.15, 0.2) is 0 Å². The highest BCUT2D eigenvalue weighted by atomic mass is 16.4. The number of carbonyl (C=O) groups is 2. The number of hydrogen-bond acceptors (Lipinski definition) is 3. The van der Waals surface area contributed by atoms with Gasteiger partial charge in [0.25, 0.3) is 0 Å². The molecule has 0 aliphatic carbocycles. The normalized spacial score (nSPS) is 13.6. The molecular formula is C11H22N2O3. The first kappa shape index (κ1) is 14.9.